The van der Waals surface area contributed by atoms with Crippen molar-refractivity contribution in [2.75, 3.05) is 6.61 Å². The predicted molar refractivity (Wildman–Crippen MR) is 106 cm³/mol. The summed E-state index contributed by atoms with van der Waals surface area (Å²) in [6.07, 6.45) is 2.84. The van der Waals surface area contributed by atoms with Crippen LogP contribution >= 0.6 is 0 Å². The summed E-state index contributed by atoms with van der Waals surface area (Å²) >= 11 is 0. The summed E-state index contributed by atoms with van der Waals surface area (Å²) in [6.45, 7) is -0.212. The Bertz CT molecular complexity index is 1390. The number of nitrogens with zero attached hydrogens (tertiary/aromatic N) is 5. The van der Waals surface area contributed by atoms with Gasteiger partial charge >= 0.3 is 0 Å². The third-order valence-corrected chi connectivity index (χ3v) is 6.08. The van der Waals surface area contributed by atoms with E-state index < -0.39 is 15.4 Å². The zero-order chi connectivity index (χ0) is 21.3. The maximum atomic E-state index is 13.3. The molecule has 0 spiro atoms. The van der Waals surface area contributed by atoms with E-state index in [-0.39, 0.29) is 46.4 Å². The summed E-state index contributed by atoms with van der Waals surface area (Å²) in [5.74, 6) is -0.272. The number of aliphatic hydroxyl groups excluding tert-OH is 1. The number of sulfone groups is 1. The van der Waals surface area contributed by atoms with Crippen molar-refractivity contribution in [1.29, 1.82) is 0 Å². The Morgan fingerprint density at radius 1 is 1.00 bits per heavy atom. The summed E-state index contributed by atoms with van der Waals surface area (Å²) < 4.78 is 28.8. The van der Waals surface area contributed by atoms with Crippen LogP contribution in [0.4, 0.5) is 0 Å². The number of fused-ring (bicyclic) bond motifs is 1. The molecule has 3 aromatic heterocycles. The van der Waals surface area contributed by atoms with E-state index in [1.165, 1.54) is 35.3 Å². The van der Waals surface area contributed by atoms with E-state index in [0.29, 0.717) is 5.56 Å². The zero-order valence-electron chi connectivity index (χ0n) is 15.6. The van der Waals surface area contributed by atoms with Crippen molar-refractivity contribution in [1.82, 2.24) is 24.5 Å². The van der Waals surface area contributed by atoms with Crippen LogP contribution in [0.1, 0.15) is 5.56 Å². The maximum absolute atomic E-state index is 13.3. The molecule has 154 valence electrons. The minimum Gasteiger partial charge on any atom is -0.493 e. The molecule has 1 aromatic carbocycles. The smallest absolute Gasteiger partial charge is 0.275 e. The number of hydrogen-bond acceptors (Lipinski definition) is 8. The molecule has 0 aliphatic rings. The van der Waals surface area contributed by atoms with E-state index in [9.17, 15) is 18.3 Å². The number of rotatable bonds is 6. The van der Waals surface area contributed by atoms with Crippen LogP contribution < -0.4 is 5.56 Å². The molecule has 0 radical (unpaired) electrons. The van der Waals surface area contributed by atoms with Crippen LogP contribution in [0.25, 0.3) is 10.8 Å². The number of aromatic nitrogens is 5. The van der Waals surface area contributed by atoms with Gasteiger partial charge in [-0.05, 0) is 18.2 Å². The first-order valence-corrected chi connectivity index (χ1v) is 10.4. The quantitative estimate of drug-likeness (QED) is 0.455. The van der Waals surface area contributed by atoms with Gasteiger partial charge in [0.15, 0.2) is 10.1 Å². The van der Waals surface area contributed by atoms with Gasteiger partial charge in [0, 0.05) is 23.3 Å². The highest BCUT2D eigenvalue weighted by Gasteiger charge is 2.27. The molecule has 2 N–H and O–H groups in total. The highest BCUT2D eigenvalue weighted by molar-refractivity contribution is 7.91. The first kappa shape index (κ1) is 19.7. The molecule has 10 nitrogen and oxygen atoms in total. The number of aromatic hydroxyl groups is 1. The Kier molecular flexibility index (Phi) is 5.06. The molecular weight excluding hydrogens is 410 g/mol. The van der Waals surface area contributed by atoms with Crippen LogP contribution in [0.15, 0.2) is 69.7 Å². The number of pyridine rings is 1. The fourth-order valence-electron chi connectivity index (χ4n) is 3.04. The molecule has 0 bridgehead atoms. The van der Waals surface area contributed by atoms with Gasteiger partial charge in [-0.3, -0.25) is 9.48 Å². The highest BCUT2D eigenvalue weighted by atomic mass is 32.2. The first-order chi connectivity index (χ1) is 14.4. The summed E-state index contributed by atoms with van der Waals surface area (Å²) in [4.78, 5) is 16.7. The number of aliphatic hydroxyl groups is 1. The molecule has 0 atom stereocenters. The number of hydrogen-bond donors (Lipinski definition) is 2. The molecule has 0 fully saturated rings. The van der Waals surface area contributed by atoms with Crippen molar-refractivity contribution >= 4 is 20.6 Å². The van der Waals surface area contributed by atoms with Crippen LogP contribution in [-0.4, -0.2) is 49.8 Å². The number of benzene rings is 1. The van der Waals surface area contributed by atoms with Crippen molar-refractivity contribution < 1.29 is 18.6 Å². The second-order valence-electron chi connectivity index (χ2n) is 6.44. The van der Waals surface area contributed by atoms with E-state index in [0.717, 1.165) is 4.68 Å². The lowest BCUT2D eigenvalue weighted by molar-refractivity contribution is 0.268. The van der Waals surface area contributed by atoms with Gasteiger partial charge in [-0.15, -0.1) is 0 Å². The normalized spacial score (nSPS) is 11.8. The Morgan fingerprint density at radius 3 is 2.50 bits per heavy atom. The molecule has 0 aliphatic heterocycles. The Balaban J connectivity index is 1.91. The van der Waals surface area contributed by atoms with Gasteiger partial charge in [-0.1, -0.05) is 24.3 Å². The second-order valence-corrected chi connectivity index (χ2v) is 8.26. The highest BCUT2D eigenvalue weighted by Crippen LogP contribution is 2.24. The Hall–Kier alpha value is -3.57. The SMILES string of the molecule is O=c1c2ccccc2c(S(=O)(=O)c2ccn(CCO)n2)nn1Cc1cccnc1O. The van der Waals surface area contributed by atoms with Crippen molar-refractivity contribution in [3.8, 4) is 5.88 Å². The third kappa shape index (κ3) is 3.44. The largest absolute Gasteiger partial charge is 0.493 e. The van der Waals surface area contributed by atoms with Gasteiger partial charge in [0.2, 0.25) is 15.7 Å². The van der Waals surface area contributed by atoms with Crippen molar-refractivity contribution in [3.05, 3.63) is 70.8 Å². The van der Waals surface area contributed by atoms with E-state index in [1.54, 1.807) is 24.3 Å². The lowest BCUT2D eigenvalue weighted by Crippen LogP contribution is -2.26. The monoisotopic (exact) mass is 427 g/mol. The van der Waals surface area contributed by atoms with Crippen LogP contribution in [0.5, 0.6) is 5.88 Å². The molecule has 0 aliphatic carbocycles. The van der Waals surface area contributed by atoms with Gasteiger partial charge in [-0.25, -0.2) is 18.1 Å². The predicted octanol–water partition coefficient (Wildman–Crippen LogP) is 0.567. The van der Waals surface area contributed by atoms with Gasteiger partial charge < -0.3 is 10.2 Å². The lowest BCUT2D eigenvalue weighted by atomic mass is 10.2. The lowest BCUT2D eigenvalue weighted by Gasteiger charge is -2.11. The Labute approximate surface area is 170 Å². The molecule has 0 saturated carbocycles. The second kappa shape index (κ2) is 7.69. The Morgan fingerprint density at radius 2 is 1.77 bits per heavy atom. The standard InChI is InChI=1S/C19H17N5O5S/c25-11-10-23-9-7-16(21-23)30(28,29)18-14-5-1-2-6-15(14)19(27)24(22-18)12-13-4-3-8-20-17(13)26/h1-9,25H,10-12H2,(H,20,26). The van der Waals surface area contributed by atoms with Gasteiger partial charge in [0.05, 0.1) is 25.1 Å². The average molecular weight is 427 g/mol. The van der Waals surface area contributed by atoms with Crippen molar-refractivity contribution in [2.24, 2.45) is 0 Å². The molecule has 3 heterocycles. The fraction of sp³-hybridized carbons (Fsp3) is 0.158. The molecule has 30 heavy (non-hydrogen) atoms. The van der Waals surface area contributed by atoms with Gasteiger partial charge in [0.25, 0.3) is 5.56 Å². The van der Waals surface area contributed by atoms with Crippen molar-refractivity contribution in [2.45, 2.75) is 23.1 Å². The summed E-state index contributed by atoms with van der Waals surface area (Å²) in [5.41, 5.74) is -0.184. The third-order valence-electron chi connectivity index (χ3n) is 4.50. The van der Waals surface area contributed by atoms with E-state index in [2.05, 4.69) is 15.2 Å². The molecule has 0 unspecified atom stereocenters. The first-order valence-electron chi connectivity index (χ1n) is 8.94. The molecule has 11 heteroatoms. The summed E-state index contributed by atoms with van der Waals surface area (Å²) in [5, 5.41) is 26.9. The van der Waals surface area contributed by atoms with Crippen LogP contribution in [0.3, 0.4) is 0 Å². The molecule has 0 amide bonds. The van der Waals surface area contributed by atoms with E-state index in [4.69, 9.17) is 5.11 Å². The van der Waals surface area contributed by atoms with Crippen LogP contribution in [0.2, 0.25) is 0 Å². The molecular formula is C19H17N5O5S. The summed E-state index contributed by atoms with van der Waals surface area (Å²) in [7, 11) is -4.17. The fourth-order valence-corrected chi connectivity index (χ4v) is 4.36. The van der Waals surface area contributed by atoms with Gasteiger partial charge in [-0.2, -0.15) is 10.2 Å². The molecule has 4 rings (SSSR count). The summed E-state index contributed by atoms with van der Waals surface area (Å²) in [6, 6.07) is 10.7. The van der Waals surface area contributed by atoms with E-state index in [1.807, 2.05) is 0 Å². The minimum atomic E-state index is -4.17. The van der Waals surface area contributed by atoms with E-state index >= 15 is 0 Å². The minimum absolute atomic E-state index is 0.142. The molecule has 4 aromatic rings. The van der Waals surface area contributed by atoms with Crippen LogP contribution in [-0.2, 0) is 22.9 Å². The van der Waals surface area contributed by atoms with Gasteiger partial charge in [0.1, 0.15) is 0 Å². The average Bonchev–Trinajstić information content (AvgIpc) is 3.21. The topological polar surface area (TPSA) is 140 Å². The maximum Gasteiger partial charge on any atom is 0.275 e. The zero-order valence-corrected chi connectivity index (χ0v) is 16.4. The van der Waals surface area contributed by atoms with Crippen molar-refractivity contribution in [3.63, 3.8) is 0 Å². The molecule has 0 saturated heterocycles. The van der Waals surface area contributed by atoms with Crippen LogP contribution in [0, 0.1) is 0 Å².